The van der Waals surface area contributed by atoms with Crippen molar-refractivity contribution in [3.8, 4) is 0 Å². The number of hydrogen-bond acceptors (Lipinski definition) is 5. The van der Waals surface area contributed by atoms with E-state index in [1.807, 2.05) is 42.5 Å². The first-order chi connectivity index (χ1) is 11.1. The van der Waals surface area contributed by atoms with Crippen LogP contribution in [-0.2, 0) is 9.53 Å². The number of nitrogens with two attached hydrogens (primary N) is 1. The standard InChI is InChI=1S/C18H20N2O2S/c1-22-18(14-5-3-2-4-6-14)16(21)9-10-20-12-13-7-8-15(19)17(23)11-13/h2-8,11-12,18,23H,9-10,19H2,1H3. The third kappa shape index (κ3) is 4.94. The van der Waals surface area contributed by atoms with Crippen molar-refractivity contribution < 1.29 is 9.53 Å². The molecule has 0 aromatic heterocycles. The van der Waals surface area contributed by atoms with E-state index >= 15 is 0 Å². The van der Waals surface area contributed by atoms with Crippen LogP contribution in [-0.4, -0.2) is 25.7 Å². The van der Waals surface area contributed by atoms with Gasteiger partial charge in [-0.15, -0.1) is 12.6 Å². The van der Waals surface area contributed by atoms with Crippen LogP contribution in [0, 0.1) is 0 Å². The molecule has 0 fully saturated rings. The summed E-state index contributed by atoms with van der Waals surface area (Å²) in [5.74, 6) is 0.0167. The lowest BCUT2D eigenvalue weighted by molar-refractivity contribution is -0.128. The van der Waals surface area contributed by atoms with Crippen LogP contribution < -0.4 is 5.73 Å². The topological polar surface area (TPSA) is 64.7 Å². The molecule has 0 heterocycles. The van der Waals surface area contributed by atoms with Crippen molar-refractivity contribution in [2.24, 2.45) is 4.99 Å². The van der Waals surface area contributed by atoms with Gasteiger partial charge >= 0.3 is 0 Å². The van der Waals surface area contributed by atoms with E-state index in [4.69, 9.17) is 10.5 Å². The summed E-state index contributed by atoms with van der Waals surface area (Å²) in [6, 6.07) is 15.0. The van der Waals surface area contributed by atoms with Gasteiger partial charge in [0.25, 0.3) is 0 Å². The molecule has 1 atom stereocenters. The Kier molecular flexibility index (Phi) is 6.38. The van der Waals surface area contributed by atoms with Gasteiger partial charge in [0.15, 0.2) is 5.78 Å². The minimum atomic E-state index is -0.535. The number of nitrogens with zero attached hydrogens (tertiary/aromatic N) is 1. The Labute approximate surface area is 141 Å². The van der Waals surface area contributed by atoms with Gasteiger partial charge in [-0.05, 0) is 23.3 Å². The molecule has 120 valence electrons. The molecule has 0 saturated heterocycles. The smallest absolute Gasteiger partial charge is 0.167 e. The minimum absolute atomic E-state index is 0.0167. The number of hydrogen-bond donors (Lipinski definition) is 2. The number of carbonyl (C=O) groups is 1. The molecular formula is C18H20N2O2S. The number of ketones is 1. The van der Waals surface area contributed by atoms with Crippen molar-refractivity contribution in [2.45, 2.75) is 17.4 Å². The van der Waals surface area contributed by atoms with Gasteiger partial charge in [-0.2, -0.15) is 0 Å². The van der Waals surface area contributed by atoms with Gasteiger partial charge in [0.1, 0.15) is 6.10 Å². The zero-order valence-electron chi connectivity index (χ0n) is 13.0. The maximum Gasteiger partial charge on any atom is 0.167 e. The van der Waals surface area contributed by atoms with Crippen LogP contribution in [0.5, 0.6) is 0 Å². The molecule has 23 heavy (non-hydrogen) atoms. The van der Waals surface area contributed by atoms with Crippen LogP contribution in [0.4, 0.5) is 5.69 Å². The maximum atomic E-state index is 12.3. The van der Waals surface area contributed by atoms with Crippen LogP contribution in [0.25, 0.3) is 0 Å². The highest BCUT2D eigenvalue weighted by Gasteiger charge is 2.18. The Morgan fingerprint density at radius 2 is 2.04 bits per heavy atom. The lowest BCUT2D eigenvalue weighted by Gasteiger charge is -2.13. The molecule has 5 heteroatoms. The van der Waals surface area contributed by atoms with E-state index in [1.165, 1.54) is 0 Å². The fourth-order valence-electron chi connectivity index (χ4n) is 2.20. The largest absolute Gasteiger partial charge is 0.398 e. The molecular weight excluding hydrogens is 308 g/mol. The van der Waals surface area contributed by atoms with E-state index < -0.39 is 6.10 Å². The van der Waals surface area contributed by atoms with Gasteiger partial charge in [0.2, 0.25) is 0 Å². The molecule has 0 aliphatic heterocycles. The van der Waals surface area contributed by atoms with Crippen molar-refractivity contribution in [1.82, 2.24) is 0 Å². The fourth-order valence-corrected chi connectivity index (χ4v) is 2.42. The lowest BCUT2D eigenvalue weighted by atomic mass is 10.0. The molecule has 0 aliphatic rings. The highest BCUT2D eigenvalue weighted by molar-refractivity contribution is 7.80. The molecule has 4 nitrogen and oxygen atoms in total. The average Bonchev–Trinajstić information content (AvgIpc) is 2.56. The van der Waals surface area contributed by atoms with Crippen molar-refractivity contribution in [1.29, 1.82) is 0 Å². The van der Waals surface area contributed by atoms with Crippen molar-refractivity contribution >= 4 is 30.3 Å². The predicted octanol–water partition coefficient (Wildman–Crippen LogP) is 3.32. The number of rotatable bonds is 7. The summed E-state index contributed by atoms with van der Waals surface area (Å²) in [4.78, 5) is 17.3. The highest BCUT2D eigenvalue weighted by atomic mass is 32.1. The average molecular weight is 328 g/mol. The molecule has 2 aromatic rings. The van der Waals surface area contributed by atoms with Gasteiger partial charge in [0, 0.05) is 36.9 Å². The zero-order chi connectivity index (χ0) is 16.7. The molecule has 0 bridgehead atoms. The summed E-state index contributed by atoms with van der Waals surface area (Å²) in [5.41, 5.74) is 8.11. The Bertz CT molecular complexity index is 687. The monoisotopic (exact) mass is 328 g/mol. The third-order valence-electron chi connectivity index (χ3n) is 3.41. The number of nitrogen functional groups attached to an aromatic ring is 1. The van der Waals surface area contributed by atoms with E-state index in [-0.39, 0.29) is 5.78 Å². The Morgan fingerprint density at radius 3 is 2.70 bits per heavy atom. The van der Waals surface area contributed by atoms with Gasteiger partial charge in [-0.3, -0.25) is 9.79 Å². The number of ether oxygens (including phenoxy) is 1. The number of aliphatic imine (C=N–C) groups is 1. The summed E-state index contributed by atoms with van der Waals surface area (Å²) >= 11 is 4.27. The van der Waals surface area contributed by atoms with Gasteiger partial charge < -0.3 is 10.5 Å². The first-order valence-corrected chi connectivity index (χ1v) is 7.75. The lowest BCUT2D eigenvalue weighted by Crippen LogP contribution is -2.15. The van der Waals surface area contributed by atoms with Gasteiger partial charge in [-0.1, -0.05) is 36.4 Å². The number of benzene rings is 2. The maximum absolute atomic E-state index is 12.3. The first kappa shape index (κ1) is 17.2. The predicted molar refractivity (Wildman–Crippen MR) is 96.4 cm³/mol. The molecule has 2 N–H and O–H groups in total. The molecule has 2 rings (SSSR count). The Hall–Kier alpha value is -2.11. The summed E-state index contributed by atoms with van der Waals surface area (Å²) < 4.78 is 5.32. The van der Waals surface area contributed by atoms with E-state index in [0.29, 0.717) is 23.5 Å². The zero-order valence-corrected chi connectivity index (χ0v) is 13.9. The van der Waals surface area contributed by atoms with E-state index in [9.17, 15) is 4.79 Å². The van der Waals surface area contributed by atoms with Crippen LogP contribution in [0.15, 0.2) is 58.4 Å². The molecule has 0 radical (unpaired) electrons. The Morgan fingerprint density at radius 1 is 1.30 bits per heavy atom. The van der Waals surface area contributed by atoms with Gasteiger partial charge in [-0.25, -0.2) is 0 Å². The van der Waals surface area contributed by atoms with Crippen LogP contribution >= 0.6 is 12.6 Å². The third-order valence-corrected chi connectivity index (χ3v) is 3.80. The molecule has 0 aliphatic carbocycles. The fraction of sp³-hybridized carbons (Fsp3) is 0.222. The van der Waals surface area contributed by atoms with Crippen LogP contribution in [0.3, 0.4) is 0 Å². The molecule has 0 saturated carbocycles. The number of thiol groups is 1. The van der Waals surface area contributed by atoms with Crippen molar-refractivity contribution in [3.05, 3.63) is 59.7 Å². The number of Topliss-reactive ketones (excluding diaryl/α,β-unsaturated/α-hetero) is 1. The Balaban J connectivity index is 1.90. The first-order valence-electron chi connectivity index (χ1n) is 7.30. The minimum Gasteiger partial charge on any atom is -0.398 e. The second-order valence-corrected chi connectivity index (χ2v) is 5.58. The summed E-state index contributed by atoms with van der Waals surface area (Å²) in [6.45, 7) is 0.414. The molecule has 2 aromatic carbocycles. The van der Waals surface area contributed by atoms with E-state index in [0.717, 1.165) is 11.1 Å². The van der Waals surface area contributed by atoms with Gasteiger partial charge in [0.05, 0.1) is 0 Å². The normalized spacial score (nSPS) is 12.4. The molecule has 1 unspecified atom stereocenters. The second kappa shape index (κ2) is 8.50. The summed E-state index contributed by atoms with van der Waals surface area (Å²) in [7, 11) is 1.54. The van der Waals surface area contributed by atoms with Crippen LogP contribution in [0.1, 0.15) is 23.7 Å². The summed E-state index contributed by atoms with van der Waals surface area (Å²) in [6.07, 6.45) is 1.51. The number of anilines is 1. The van der Waals surface area contributed by atoms with Crippen LogP contribution in [0.2, 0.25) is 0 Å². The molecule has 0 spiro atoms. The molecule has 0 amide bonds. The second-order valence-electron chi connectivity index (χ2n) is 5.10. The van der Waals surface area contributed by atoms with E-state index in [2.05, 4.69) is 17.6 Å². The summed E-state index contributed by atoms with van der Waals surface area (Å²) in [5, 5.41) is 0. The van der Waals surface area contributed by atoms with Crippen molar-refractivity contribution in [3.63, 3.8) is 0 Å². The van der Waals surface area contributed by atoms with Crippen molar-refractivity contribution in [2.75, 3.05) is 19.4 Å². The number of carbonyl (C=O) groups excluding carboxylic acids is 1. The number of methoxy groups -OCH3 is 1. The van der Waals surface area contributed by atoms with E-state index in [1.54, 1.807) is 19.4 Å². The quantitative estimate of drug-likeness (QED) is 0.465. The highest BCUT2D eigenvalue weighted by Crippen LogP contribution is 2.19. The SMILES string of the molecule is COC(C(=O)CCN=Cc1ccc(N)c(S)c1)c1ccccc1.